The number of pyridine rings is 2. The smallest absolute Gasteiger partial charge is 0.326 e. The summed E-state index contributed by atoms with van der Waals surface area (Å²) >= 11 is 0. The number of hydroxylamine groups is 1. The van der Waals surface area contributed by atoms with Crippen molar-refractivity contribution in [3.05, 3.63) is 71.3 Å². The Hall–Kier alpha value is -3.03. The highest BCUT2D eigenvalue weighted by atomic mass is 16.5. The van der Waals surface area contributed by atoms with Crippen molar-refractivity contribution in [3.63, 3.8) is 0 Å². The zero-order valence-corrected chi connectivity index (χ0v) is 18.4. The van der Waals surface area contributed by atoms with Crippen LogP contribution >= 0.6 is 0 Å². The molecule has 0 spiro atoms. The Balaban J connectivity index is 1.74. The summed E-state index contributed by atoms with van der Waals surface area (Å²) in [5.74, 6) is 0. The Morgan fingerprint density at radius 1 is 1.16 bits per heavy atom. The van der Waals surface area contributed by atoms with E-state index in [2.05, 4.69) is 42.3 Å². The number of benzene rings is 1. The first-order chi connectivity index (χ1) is 15.0. The first-order valence-corrected chi connectivity index (χ1v) is 10.6. The minimum atomic E-state index is -0.494. The van der Waals surface area contributed by atoms with Crippen LogP contribution in [0.1, 0.15) is 41.4 Å². The minimum Gasteiger partial charge on any atom is -0.326 e. The lowest BCUT2D eigenvalue weighted by molar-refractivity contribution is 0.136. The number of carbonyl (C=O) groups is 1. The largest absolute Gasteiger partial charge is 0.340 e. The SMILES string of the molecule is Cc1cnc(CC(NCCCCN(C)C(=O)NO)c2nccc3ccccc23)c(C)c1. The van der Waals surface area contributed by atoms with Crippen molar-refractivity contribution in [2.24, 2.45) is 0 Å². The van der Waals surface area contributed by atoms with E-state index >= 15 is 0 Å². The molecule has 7 nitrogen and oxygen atoms in total. The molecule has 0 bridgehead atoms. The minimum absolute atomic E-state index is 0.0264. The summed E-state index contributed by atoms with van der Waals surface area (Å²) in [4.78, 5) is 22.3. The quantitative estimate of drug-likeness (QED) is 0.277. The molecule has 0 saturated heterocycles. The van der Waals surface area contributed by atoms with Gasteiger partial charge in [-0.2, -0.15) is 0 Å². The number of rotatable bonds is 9. The molecule has 0 saturated carbocycles. The zero-order valence-electron chi connectivity index (χ0n) is 18.4. The Morgan fingerprint density at radius 3 is 2.74 bits per heavy atom. The monoisotopic (exact) mass is 421 g/mol. The van der Waals surface area contributed by atoms with Crippen LogP contribution in [-0.4, -0.2) is 46.2 Å². The van der Waals surface area contributed by atoms with E-state index in [1.807, 2.05) is 30.6 Å². The predicted octanol–water partition coefficient (Wildman–Crippen LogP) is 3.93. The van der Waals surface area contributed by atoms with Crippen LogP contribution in [0.15, 0.2) is 48.8 Å². The summed E-state index contributed by atoms with van der Waals surface area (Å²) < 4.78 is 0. The Bertz CT molecular complexity index is 1020. The lowest BCUT2D eigenvalue weighted by Crippen LogP contribution is -2.36. The normalized spacial score (nSPS) is 12.0. The topological polar surface area (TPSA) is 90.4 Å². The van der Waals surface area contributed by atoms with Crippen molar-refractivity contribution in [2.75, 3.05) is 20.1 Å². The molecule has 2 heterocycles. The van der Waals surface area contributed by atoms with Gasteiger partial charge in [0.15, 0.2) is 0 Å². The van der Waals surface area contributed by atoms with Crippen molar-refractivity contribution in [1.82, 2.24) is 25.7 Å². The fraction of sp³-hybridized carbons (Fsp3) is 0.375. The first-order valence-electron chi connectivity index (χ1n) is 10.6. The molecule has 0 fully saturated rings. The van der Waals surface area contributed by atoms with Crippen LogP contribution in [-0.2, 0) is 6.42 Å². The molecule has 3 N–H and O–H groups in total. The molecule has 0 aliphatic carbocycles. The van der Waals surface area contributed by atoms with E-state index in [1.165, 1.54) is 15.8 Å². The van der Waals surface area contributed by atoms with E-state index in [0.717, 1.165) is 48.1 Å². The number of fused-ring (bicyclic) bond motifs is 1. The van der Waals surface area contributed by atoms with E-state index < -0.39 is 6.03 Å². The van der Waals surface area contributed by atoms with Gasteiger partial charge < -0.3 is 10.2 Å². The van der Waals surface area contributed by atoms with Gasteiger partial charge in [0.2, 0.25) is 0 Å². The molecule has 1 aromatic carbocycles. The van der Waals surface area contributed by atoms with E-state index in [-0.39, 0.29) is 6.04 Å². The molecule has 3 aromatic rings. The maximum Gasteiger partial charge on any atom is 0.340 e. The van der Waals surface area contributed by atoms with Crippen LogP contribution in [0.25, 0.3) is 10.8 Å². The first kappa shape index (κ1) is 22.7. The number of nitrogens with zero attached hydrogens (tertiary/aromatic N) is 3. The van der Waals surface area contributed by atoms with Gasteiger partial charge >= 0.3 is 6.03 Å². The lowest BCUT2D eigenvalue weighted by atomic mass is 9.98. The number of amides is 2. The van der Waals surface area contributed by atoms with Crippen LogP contribution < -0.4 is 10.8 Å². The highest BCUT2D eigenvalue weighted by Crippen LogP contribution is 2.25. The molecular formula is C24H31N5O2. The molecule has 0 radical (unpaired) electrons. The summed E-state index contributed by atoms with van der Waals surface area (Å²) in [5.41, 5.74) is 6.09. The Kier molecular flexibility index (Phi) is 7.92. The predicted molar refractivity (Wildman–Crippen MR) is 122 cm³/mol. The van der Waals surface area contributed by atoms with Gasteiger partial charge in [-0.15, -0.1) is 0 Å². The van der Waals surface area contributed by atoms with Crippen LogP contribution in [0.4, 0.5) is 4.79 Å². The van der Waals surface area contributed by atoms with Crippen LogP contribution in [0.2, 0.25) is 0 Å². The Labute approximate surface area is 183 Å². The molecule has 164 valence electrons. The molecule has 1 atom stereocenters. The number of unbranched alkanes of at least 4 members (excludes halogenated alkanes) is 1. The lowest BCUT2D eigenvalue weighted by Gasteiger charge is -2.21. The Morgan fingerprint density at radius 2 is 1.97 bits per heavy atom. The summed E-state index contributed by atoms with van der Waals surface area (Å²) in [6, 6.07) is 12.0. The van der Waals surface area contributed by atoms with E-state index in [9.17, 15) is 4.79 Å². The number of nitrogens with one attached hydrogen (secondary N) is 2. The fourth-order valence-corrected chi connectivity index (χ4v) is 3.77. The maximum atomic E-state index is 11.4. The van der Waals surface area contributed by atoms with Gasteiger partial charge in [0.05, 0.1) is 11.7 Å². The molecule has 31 heavy (non-hydrogen) atoms. The molecular weight excluding hydrogens is 390 g/mol. The van der Waals surface area contributed by atoms with Gasteiger partial charge in [-0.1, -0.05) is 30.3 Å². The van der Waals surface area contributed by atoms with Gasteiger partial charge in [-0.05, 0) is 55.8 Å². The van der Waals surface area contributed by atoms with Gasteiger partial charge in [0.25, 0.3) is 0 Å². The number of aromatic nitrogens is 2. The van der Waals surface area contributed by atoms with Crippen LogP contribution in [0, 0.1) is 13.8 Å². The summed E-state index contributed by atoms with van der Waals surface area (Å²) in [7, 11) is 1.66. The molecule has 3 rings (SSSR count). The number of urea groups is 1. The highest BCUT2D eigenvalue weighted by molar-refractivity contribution is 5.84. The summed E-state index contributed by atoms with van der Waals surface area (Å²) in [6.45, 7) is 5.52. The second-order valence-electron chi connectivity index (χ2n) is 7.95. The number of hydrogen-bond acceptors (Lipinski definition) is 5. The third-order valence-corrected chi connectivity index (χ3v) is 5.51. The van der Waals surface area contributed by atoms with E-state index in [1.54, 1.807) is 12.5 Å². The van der Waals surface area contributed by atoms with Crippen LogP contribution in [0.5, 0.6) is 0 Å². The number of carbonyl (C=O) groups excluding carboxylic acids is 1. The summed E-state index contributed by atoms with van der Waals surface area (Å²) in [6.07, 6.45) is 6.25. The zero-order chi connectivity index (χ0) is 22.2. The molecule has 7 heteroatoms. The number of hydrogen-bond donors (Lipinski definition) is 3. The molecule has 0 aliphatic heterocycles. The molecule has 0 aliphatic rings. The average molecular weight is 422 g/mol. The molecule has 1 unspecified atom stereocenters. The standard InChI is InChI=1S/C24H31N5O2/c1-17-14-18(2)21(27-16-17)15-22(25-11-6-7-13-29(3)24(30)28-31)23-20-9-5-4-8-19(20)10-12-26-23/h4-5,8-10,12,14,16,22,25,31H,6-7,11,13,15H2,1-3H3,(H,28,30). The third kappa shape index (κ3) is 5.99. The van der Waals surface area contributed by atoms with Crippen molar-refractivity contribution >= 4 is 16.8 Å². The van der Waals surface area contributed by atoms with Gasteiger partial charge in [-0.3, -0.25) is 15.2 Å². The van der Waals surface area contributed by atoms with Crippen molar-refractivity contribution in [2.45, 2.75) is 39.2 Å². The van der Waals surface area contributed by atoms with E-state index in [4.69, 9.17) is 10.2 Å². The van der Waals surface area contributed by atoms with Crippen molar-refractivity contribution < 1.29 is 10.0 Å². The molecule has 2 aromatic heterocycles. The van der Waals surface area contributed by atoms with Gasteiger partial charge in [-0.25, -0.2) is 10.3 Å². The van der Waals surface area contributed by atoms with Gasteiger partial charge in [0, 0.05) is 43.5 Å². The average Bonchev–Trinajstić information content (AvgIpc) is 2.78. The second kappa shape index (κ2) is 10.8. The van der Waals surface area contributed by atoms with Gasteiger partial charge in [0.1, 0.15) is 0 Å². The highest BCUT2D eigenvalue weighted by Gasteiger charge is 2.18. The second-order valence-corrected chi connectivity index (χ2v) is 7.95. The summed E-state index contributed by atoms with van der Waals surface area (Å²) in [5, 5.41) is 14.7. The maximum absolute atomic E-state index is 11.4. The third-order valence-electron chi connectivity index (χ3n) is 5.51. The van der Waals surface area contributed by atoms with Crippen LogP contribution in [0.3, 0.4) is 0 Å². The number of aryl methyl sites for hydroxylation is 2. The van der Waals surface area contributed by atoms with Crippen molar-refractivity contribution in [1.29, 1.82) is 0 Å². The molecule has 2 amide bonds. The fourth-order valence-electron chi connectivity index (χ4n) is 3.77. The van der Waals surface area contributed by atoms with E-state index in [0.29, 0.717) is 6.54 Å². The van der Waals surface area contributed by atoms with Crippen molar-refractivity contribution in [3.8, 4) is 0 Å².